The first-order valence-corrected chi connectivity index (χ1v) is 5.79. The fourth-order valence-electron chi connectivity index (χ4n) is 1.46. The molecule has 0 radical (unpaired) electrons. The van der Waals surface area contributed by atoms with Crippen LogP contribution in [0.2, 0.25) is 0 Å². The summed E-state index contributed by atoms with van der Waals surface area (Å²) in [5.74, 6) is 1.27. The predicted molar refractivity (Wildman–Crippen MR) is 55.9 cm³/mol. The fraction of sp³-hybridized carbons (Fsp3) is 0.556. The molecule has 2 rings (SSSR count). The number of amides is 1. The molecule has 1 amide bonds. The Bertz CT molecular complexity index is 293. The highest BCUT2D eigenvalue weighted by Gasteiger charge is 2.22. The highest BCUT2D eigenvalue weighted by molar-refractivity contribution is 8.00. The van der Waals surface area contributed by atoms with Gasteiger partial charge < -0.3 is 5.32 Å². The lowest BCUT2D eigenvalue weighted by Crippen LogP contribution is -2.30. The van der Waals surface area contributed by atoms with Crippen LogP contribution >= 0.6 is 11.8 Å². The summed E-state index contributed by atoms with van der Waals surface area (Å²) in [5, 5.41) is 9.69. The number of carbonyl (C=O) groups is 1. The van der Waals surface area contributed by atoms with Gasteiger partial charge in [-0.15, -0.1) is 11.8 Å². The molecule has 2 N–H and O–H groups in total. The van der Waals surface area contributed by atoms with Crippen molar-refractivity contribution in [1.29, 1.82) is 0 Å². The summed E-state index contributed by atoms with van der Waals surface area (Å²) in [6.45, 7) is 0.551. The van der Waals surface area contributed by atoms with E-state index in [1.54, 1.807) is 18.0 Å². The van der Waals surface area contributed by atoms with Crippen molar-refractivity contribution in [2.45, 2.75) is 24.6 Å². The van der Waals surface area contributed by atoms with Gasteiger partial charge in [-0.05, 0) is 24.7 Å². The molecule has 1 atom stereocenters. The van der Waals surface area contributed by atoms with E-state index in [9.17, 15) is 4.79 Å². The van der Waals surface area contributed by atoms with Gasteiger partial charge in [-0.1, -0.05) is 0 Å². The standard InChI is InChI=1S/C9H13N3OS/c13-9(8-2-1-5-14-8)10-6-7-3-4-11-12-7/h3-4,8H,1-2,5-6H2,(H,10,13)(H,11,12). The van der Waals surface area contributed by atoms with E-state index in [1.807, 2.05) is 6.07 Å². The number of hydrogen-bond acceptors (Lipinski definition) is 3. The number of carbonyl (C=O) groups excluding carboxylic acids is 1. The molecule has 0 aliphatic carbocycles. The average molecular weight is 211 g/mol. The first-order chi connectivity index (χ1) is 6.86. The van der Waals surface area contributed by atoms with Gasteiger partial charge in [-0.25, -0.2) is 0 Å². The van der Waals surface area contributed by atoms with Gasteiger partial charge in [0.1, 0.15) is 0 Å². The van der Waals surface area contributed by atoms with E-state index in [0.717, 1.165) is 24.3 Å². The van der Waals surface area contributed by atoms with Gasteiger partial charge in [-0.2, -0.15) is 5.10 Å². The van der Waals surface area contributed by atoms with Crippen molar-refractivity contribution in [3.05, 3.63) is 18.0 Å². The fourth-order valence-corrected chi connectivity index (χ4v) is 2.65. The Morgan fingerprint density at radius 3 is 3.36 bits per heavy atom. The lowest BCUT2D eigenvalue weighted by atomic mass is 10.2. The highest BCUT2D eigenvalue weighted by atomic mass is 32.2. The van der Waals surface area contributed by atoms with Crippen LogP contribution in [0.1, 0.15) is 18.5 Å². The van der Waals surface area contributed by atoms with Crippen LogP contribution in [-0.2, 0) is 11.3 Å². The van der Waals surface area contributed by atoms with Crippen LogP contribution in [0.3, 0.4) is 0 Å². The maximum Gasteiger partial charge on any atom is 0.233 e. The van der Waals surface area contributed by atoms with Crippen LogP contribution in [0.25, 0.3) is 0 Å². The Hall–Kier alpha value is -0.970. The third-order valence-corrected chi connectivity index (χ3v) is 3.61. The Kier molecular flexibility index (Phi) is 3.08. The molecule has 0 bridgehead atoms. The molecule has 2 heterocycles. The Morgan fingerprint density at radius 1 is 1.79 bits per heavy atom. The molecule has 1 aliphatic heterocycles. The van der Waals surface area contributed by atoms with E-state index in [1.165, 1.54) is 0 Å². The molecule has 1 aliphatic rings. The van der Waals surface area contributed by atoms with Gasteiger partial charge in [0.2, 0.25) is 5.91 Å². The summed E-state index contributed by atoms with van der Waals surface area (Å²) < 4.78 is 0. The molecule has 0 saturated carbocycles. The third-order valence-electron chi connectivity index (χ3n) is 2.23. The van der Waals surface area contributed by atoms with Gasteiger partial charge in [-0.3, -0.25) is 9.89 Å². The summed E-state index contributed by atoms with van der Waals surface area (Å²) in [6.07, 6.45) is 3.86. The van der Waals surface area contributed by atoms with Crippen LogP contribution in [0.15, 0.2) is 12.3 Å². The van der Waals surface area contributed by atoms with E-state index in [-0.39, 0.29) is 11.2 Å². The Morgan fingerprint density at radius 2 is 2.71 bits per heavy atom. The SMILES string of the molecule is O=C(NCc1ccn[nH]1)C1CCCS1. The van der Waals surface area contributed by atoms with Crippen molar-refractivity contribution in [2.75, 3.05) is 5.75 Å². The van der Waals surface area contributed by atoms with Crippen molar-refractivity contribution < 1.29 is 4.79 Å². The van der Waals surface area contributed by atoms with Gasteiger partial charge in [0.05, 0.1) is 17.5 Å². The molecule has 4 nitrogen and oxygen atoms in total. The molecule has 1 aromatic heterocycles. The largest absolute Gasteiger partial charge is 0.350 e. The Labute approximate surface area is 86.8 Å². The van der Waals surface area contributed by atoms with E-state index in [2.05, 4.69) is 15.5 Å². The number of nitrogens with zero attached hydrogens (tertiary/aromatic N) is 1. The number of thioether (sulfide) groups is 1. The highest BCUT2D eigenvalue weighted by Crippen LogP contribution is 2.25. The molecule has 5 heteroatoms. The molecule has 1 unspecified atom stereocenters. The topological polar surface area (TPSA) is 57.8 Å². The van der Waals surface area contributed by atoms with Crippen LogP contribution in [0, 0.1) is 0 Å². The first kappa shape index (κ1) is 9.58. The zero-order valence-corrected chi connectivity index (χ0v) is 8.64. The van der Waals surface area contributed by atoms with E-state index < -0.39 is 0 Å². The minimum absolute atomic E-state index is 0.155. The minimum Gasteiger partial charge on any atom is -0.350 e. The van der Waals surface area contributed by atoms with Crippen molar-refractivity contribution in [3.8, 4) is 0 Å². The molecule has 1 fully saturated rings. The number of H-pyrrole nitrogens is 1. The van der Waals surface area contributed by atoms with Crippen LogP contribution < -0.4 is 5.32 Å². The van der Waals surface area contributed by atoms with Crippen molar-refractivity contribution in [3.63, 3.8) is 0 Å². The number of hydrogen-bond donors (Lipinski definition) is 2. The molecular formula is C9H13N3OS. The quantitative estimate of drug-likeness (QED) is 0.781. The Balaban J connectivity index is 1.77. The second-order valence-corrected chi connectivity index (χ2v) is 4.61. The van der Waals surface area contributed by atoms with Crippen LogP contribution in [0.5, 0.6) is 0 Å². The molecule has 0 aromatic carbocycles. The molecule has 1 aromatic rings. The molecule has 14 heavy (non-hydrogen) atoms. The lowest BCUT2D eigenvalue weighted by molar-refractivity contribution is -0.120. The molecule has 1 saturated heterocycles. The number of nitrogens with one attached hydrogen (secondary N) is 2. The number of aromatic nitrogens is 2. The van der Waals surface area contributed by atoms with Crippen molar-refractivity contribution >= 4 is 17.7 Å². The van der Waals surface area contributed by atoms with Crippen molar-refractivity contribution in [2.24, 2.45) is 0 Å². The maximum atomic E-state index is 11.6. The molecular weight excluding hydrogens is 198 g/mol. The van der Waals surface area contributed by atoms with Gasteiger partial charge in [0.15, 0.2) is 0 Å². The second kappa shape index (κ2) is 4.50. The normalized spacial score (nSPS) is 21.0. The van der Waals surface area contributed by atoms with Gasteiger partial charge >= 0.3 is 0 Å². The summed E-state index contributed by atoms with van der Waals surface area (Å²) >= 11 is 1.75. The lowest BCUT2D eigenvalue weighted by Gasteiger charge is -2.08. The second-order valence-electron chi connectivity index (χ2n) is 3.30. The predicted octanol–water partition coefficient (Wildman–Crippen LogP) is 0.921. The van der Waals surface area contributed by atoms with Crippen molar-refractivity contribution in [1.82, 2.24) is 15.5 Å². The zero-order valence-electron chi connectivity index (χ0n) is 7.82. The smallest absolute Gasteiger partial charge is 0.233 e. The maximum absolute atomic E-state index is 11.6. The van der Waals surface area contributed by atoms with E-state index >= 15 is 0 Å². The summed E-state index contributed by atoms with van der Waals surface area (Å²) in [5.41, 5.74) is 0.946. The zero-order chi connectivity index (χ0) is 9.80. The summed E-state index contributed by atoms with van der Waals surface area (Å²) in [4.78, 5) is 11.6. The van der Waals surface area contributed by atoms with E-state index in [0.29, 0.717) is 6.54 Å². The first-order valence-electron chi connectivity index (χ1n) is 4.74. The molecule has 0 spiro atoms. The van der Waals surface area contributed by atoms with E-state index in [4.69, 9.17) is 0 Å². The van der Waals surface area contributed by atoms with Crippen LogP contribution in [-0.4, -0.2) is 27.1 Å². The third kappa shape index (κ3) is 2.29. The summed E-state index contributed by atoms with van der Waals surface area (Å²) in [7, 11) is 0. The molecule has 76 valence electrons. The number of aromatic amines is 1. The average Bonchev–Trinajstić information content (AvgIpc) is 2.87. The monoisotopic (exact) mass is 211 g/mol. The number of rotatable bonds is 3. The summed E-state index contributed by atoms with van der Waals surface area (Å²) in [6, 6.07) is 1.86. The van der Waals surface area contributed by atoms with Gasteiger partial charge in [0, 0.05) is 6.20 Å². The van der Waals surface area contributed by atoms with Gasteiger partial charge in [0.25, 0.3) is 0 Å². The van der Waals surface area contributed by atoms with Crippen LogP contribution in [0.4, 0.5) is 0 Å². The minimum atomic E-state index is 0.155.